The summed E-state index contributed by atoms with van der Waals surface area (Å²) in [6.45, 7) is 0. The number of rotatable bonds is 5. The minimum atomic E-state index is 0.592. The third-order valence-corrected chi connectivity index (χ3v) is 11.7. The molecule has 0 aliphatic rings. The summed E-state index contributed by atoms with van der Waals surface area (Å²) >= 11 is 0. The fourth-order valence-corrected chi connectivity index (χ4v) is 8.35. The van der Waals surface area contributed by atoms with Gasteiger partial charge in [0.1, 0.15) is 44.8 Å². The number of nitrogens with zero attached hydrogens (tertiary/aromatic N) is 4. The van der Waals surface area contributed by atoms with E-state index >= 15 is 0 Å². The van der Waals surface area contributed by atoms with E-state index in [0.717, 1.165) is 55.3 Å². The lowest BCUT2D eigenvalue weighted by atomic mass is 9.59. The summed E-state index contributed by atoms with van der Waals surface area (Å²) in [5.41, 5.74) is 16.8. The fourth-order valence-electron chi connectivity index (χ4n) is 8.35. The molecule has 254 valence electrons. The monoisotopic (exact) mass is 700 g/mol. The molecule has 7 aromatic carbocycles. The quantitative estimate of drug-likeness (QED) is 0.260. The van der Waals surface area contributed by atoms with Gasteiger partial charge in [0.25, 0.3) is 0 Å². The topological polar surface area (TPSA) is 56.7 Å². The predicted octanol–water partition coefficient (Wildman–Crippen LogP) is 2.83. The minimum absolute atomic E-state index is 0.592. The summed E-state index contributed by atoms with van der Waals surface area (Å²) in [7, 11) is 11.1. The van der Waals surface area contributed by atoms with Gasteiger partial charge in [0.05, 0.1) is 16.7 Å². The van der Waals surface area contributed by atoms with Crippen molar-refractivity contribution in [3.8, 4) is 51.0 Å². The molecule has 10 aromatic rings. The average molecular weight is 700 g/mol. The summed E-state index contributed by atoms with van der Waals surface area (Å²) < 4.78 is 9.12. The van der Waals surface area contributed by atoms with Crippen LogP contribution in [0.5, 0.6) is 0 Å². The van der Waals surface area contributed by atoms with Crippen molar-refractivity contribution in [2.75, 3.05) is 0 Å². The zero-order chi connectivity index (χ0) is 37.4. The first-order valence-corrected chi connectivity index (χ1v) is 18.8. The lowest BCUT2D eigenvalue weighted by Gasteiger charge is -2.20. The van der Waals surface area contributed by atoms with Gasteiger partial charge in [-0.15, -0.1) is 16.4 Å². The Kier molecular flexibility index (Phi) is 7.70. The normalized spacial score (nSPS) is 11.6. The molecule has 0 spiro atoms. The molecular formula is C45H33B5N4O. The molecule has 0 saturated heterocycles. The first kappa shape index (κ1) is 33.1. The van der Waals surface area contributed by atoms with Crippen LogP contribution in [-0.2, 0) is 0 Å². The maximum Gasteiger partial charge on any atom is 0.164 e. The first-order chi connectivity index (χ1) is 26.9. The van der Waals surface area contributed by atoms with Gasteiger partial charge in [0.15, 0.2) is 23.1 Å². The molecule has 0 unspecified atom stereocenters. The Labute approximate surface area is 323 Å². The zero-order valence-electron chi connectivity index (χ0n) is 31.5. The van der Waals surface area contributed by atoms with Gasteiger partial charge in [0, 0.05) is 38.2 Å². The van der Waals surface area contributed by atoms with Crippen LogP contribution >= 0.6 is 0 Å². The second-order valence-corrected chi connectivity index (χ2v) is 14.6. The summed E-state index contributed by atoms with van der Waals surface area (Å²) in [5, 5.41) is 4.54. The SMILES string of the molecule is Bc1c(B)c(B)c(-c2ccc(-c3nc(-c4ccccc4)nc(-c4ccc5c(c4)oc4c(-n6c7ccccc7c7ccccc76)cccc45)n3)cc2)c(B)c1B. The Morgan fingerprint density at radius 1 is 0.400 bits per heavy atom. The van der Waals surface area contributed by atoms with E-state index in [1.807, 2.05) is 30.3 Å². The van der Waals surface area contributed by atoms with Crippen molar-refractivity contribution in [1.82, 2.24) is 19.5 Å². The van der Waals surface area contributed by atoms with Gasteiger partial charge in [-0.05, 0) is 41.5 Å². The van der Waals surface area contributed by atoms with Crippen LogP contribution in [0.1, 0.15) is 0 Å². The molecule has 0 N–H and O–H groups in total. The van der Waals surface area contributed by atoms with Crippen LogP contribution in [0, 0.1) is 0 Å². The van der Waals surface area contributed by atoms with Crippen LogP contribution < -0.4 is 27.3 Å². The number of para-hydroxylation sites is 3. The van der Waals surface area contributed by atoms with Crippen LogP contribution in [0.4, 0.5) is 0 Å². The van der Waals surface area contributed by atoms with E-state index in [1.165, 1.54) is 49.2 Å². The van der Waals surface area contributed by atoms with Crippen molar-refractivity contribution in [3.63, 3.8) is 0 Å². The fraction of sp³-hybridized carbons (Fsp3) is 0. The van der Waals surface area contributed by atoms with Gasteiger partial charge in [-0.2, -0.15) is 0 Å². The zero-order valence-corrected chi connectivity index (χ0v) is 31.5. The molecule has 0 aliphatic carbocycles. The summed E-state index contributed by atoms with van der Waals surface area (Å²) in [6, 6.07) is 48.6. The van der Waals surface area contributed by atoms with Gasteiger partial charge in [-0.25, -0.2) is 15.0 Å². The molecule has 3 aromatic heterocycles. The Bertz CT molecular complexity index is 3070. The van der Waals surface area contributed by atoms with Crippen molar-refractivity contribution >= 4 is 110 Å². The molecule has 0 bridgehead atoms. The number of hydrogen-bond donors (Lipinski definition) is 0. The van der Waals surface area contributed by atoms with Crippen LogP contribution in [-0.4, -0.2) is 58.8 Å². The number of benzene rings is 7. The molecule has 3 heterocycles. The van der Waals surface area contributed by atoms with Crippen molar-refractivity contribution in [2.45, 2.75) is 0 Å². The van der Waals surface area contributed by atoms with Crippen LogP contribution in [0.15, 0.2) is 144 Å². The maximum atomic E-state index is 6.80. The van der Waals surface area contributed by atoms with Crippen LogP contribution in [0.2, 0.25) is 0 Å². The van der Waals surface area contributed by atoms with Crippen molar-refractivity contribution < 1.29 is 4.42 Å². The highest BCUT2D eigenvalue weighted by molar-refractivity contribution is 6.68. The van der Waals surface area contributed by atoms with Crippen LogP contribution in [0.3, 0.4) is 0 Å². The smallest absolute Gasteiger partial charge is 0.164 e. The largest absolute Gasteiger partial charge is 0.454 e. The number of fused-ring (bicyclic) bond motifs is 6. The number of aromatic nitrogens is 4. The van der Waals surface area contributed by atoms with E-state index in [1.54, 1.807) is 0 Å². The molecule has 0 radical (unpaired) electrons. The van der Waals surface area contributed by atoms with E-state index in [0.29, 0.717) is 17.5 Å². The molecule has 0 atom stereocenters. The second-order valence-electron chi connectivity index (χ2n) is 14.6. The Morgan fingerprint density at radius 3 is 1.53 bits per heavy atom. The molecular weight excluding hydrogens is 667 g/mol. The Morgan fingerprint density at radius 2 is 0.891 bits per heavy atom. The van der Waals surface area contributed by atoms with Crippen molar-refractivity contribution in [3.05, 3.63) is 140 Å². The van der Waals surface area contributed by atoms with Gasteiger partial charge < -0.3 is 8.98 Å². The number of furan rings is 1. The standard InChI is InChI=1S/C45H33B5N4O/c46-37-36(38(47)40(49)41(50)39(37)48)24-17-19-26(20-18-24)44-51-43(25-9-2-1-3-10-25)52-45(53-44)27-21-22-30-31-13-8-16-34(42(31)55-35(30)23-27)54-32-14-6-4-11-28(32)29-12-5-7-15-33(29)54/h1-23H,46-50H2. The second kappa shape index (κ2) is 12.8. The highest BCUT2D eigenvalue weighted by Crippen LogP contribution is 2.39. The molecule has 10 rings (SSSR count). The van der Waals surface area contributed by atoms with E-state index in [4.69, 9.17) is 19.4 Å². The lowest BCUT2D eigenvalue weighted by Crippen LogP contribution is -2.55. The Balaban J connectivity index is 1.11. The average Bonchev–Trinajstić information content (AvgIpc) is 3.78. The van der Waals surface area contributed by atoms with Crippen molar-refractivity contribution in [2.24, 2.45) is 0 Å². The minimum Gasteiger partial charge on any atom is -0.454 e. The predicted molar refractivity (Wildman–Crippen MR) is 244 cm³/mol. The van der Waals surface area contributed by atoms with Crippen LogP contribution in [0.25, 0.3) is 94.7 Å². The van der Waals surface area contributed by atoms with Gasteiger partial charge >= 0.3 is 0 Å². The molecule has 10 heteroatoms. The van der Waals surface area contributed by atoms with Crippen molar-refractivity contribution in [1.29, 1.82) is 0 Å². The van der Waals surface area contributed by atoms with E-state index in [9.17, 15) is 0 Å². The third-order valence-electron chi connectivity index (χ3n) is 11.7. The van der Waals surface area contributed by atoms with E-state index < -0.39 is 0 Å². The van der Waals surface area contributed by atoms with E-state index in [-0.39, 0.29) is 0 Å². The van der Waals surface area contributed by atoms with Gasteiger partial charge in [0.2, 0.25) is 0 Å². The summed E-state index contributed by atoms with van der Waals surface area (Å²) in [5.74, 6) is 1.84. The highest BCUT2D eigenvalue weighted by Gasteiger charge is 2.20. The lowest BCUT2D eigenvalue weighted by molar-refractivity contribution is 0.666. The molecule has 0 saturated carbocycles. The molecule has 5 nitrogen and oxygen atoms in total. The molecule has 0 amide bonds. The van der Waals surface area contributed by atoms with Gasteiger partial charge in [-0.3, -0.25) is 0 Å². The maximum absolute atomic E-state index is 6.80. The Hall–Kier alpha value is -6.53. The van der Waals surface area contributed by atoms with Gasteiger partial charge in [-0.1, -0.05) is 120 Å². The molecule has 0 fully saturated rings. The molecule has 0 aliphatic heterocycles. The third kappa shape index (κ3) is 5.27. The summed E-state index contributed by atoms with van der Waals surface area (Å²) in [6.07, 6.45) is 0. The molecule has 55 heavy (non-hydrogen) atoms. The highest BCUT2D eigenvalue weighted by atomic mass is 16.3. The van der Waals surface area contributed by atoms with E-state index in [2.05, 4.69) is 153 Å². The number of hydrogen-bond acceptors (Lipinski definition) is 4. The summed E-state index contributed by atoms with van der Waals surface area (Å²) in [4.78, 5) is 15.1. The first-order valence-electron chi connectivity index (χ1n) is 18.8.